The second kappa shape index (κ2) is 8.03. The quantitative estimate of drug-likeness (QED) is 0.441. The standard InChI is InChI=1S/C21H16F3N3O3S/c1-2-30-20(29)16-17(21(22,23)24)27-11-25-18(19(27)31-16)26-15(28)10-12-7-8-13-5-3-4-6-14(13)9-12/h3-9,11H,2,10H2,1H3,(H,26,28). The van der Waals surface area contributed by atoms with Gasteiger partial charge in [-0.15, -0.1) is 11.3 Å². The number of rotatable bonds is 5. The van der Waals surface area contributed by atoms with E-state index in [1.54, 1.807) is 0 Å². The van der Waals surface area contributed by atoms with E-state index in [2.05, 4.69) is 10.3 Å². The maximum Gasteiger partial charge on any atom is 0.433 e. The second-order valence-electron chi connectivity index (χ2n) is 6.67. The highest BCUT2D eigenvalue weighted by molar-refractivity contribution is 7.20. The van der Waals surface area contributed by atoms with Crippen LogP contribution >= 0.6 is 11.3 Å². The number of nitrogens with one attached hydrogen (secondary N) is 1. The first kappa shape index (κ1) is 20.9. The van der Waals surface area contributed by atoms with Gasteiger partial charge in [0.05, 0.1) is 13.0 Å². The number of hydrogen-bond acceptors (Lipinski definition) is 5. The molecular formula is C21H16F3N3O3S. The van der Waals surface area contributed by atoms with Gasteiger partial charge >= 0.3 is 12.1 Å². The summed E-state index contributed by atoms with van der Waals surface area (Å²) in [6.07, 6.45) is -3.84. The largest absolute Gasteiger partial charge is 0.462 e. The van der Waals surface area contributed by atoms with Crippen LogP contribution in [0.1, 0.15) is 27.9 Å². The molecule has 0 spiro atoms. The van der Waals surface area contributed by atoms with Crippen molar-refractivity contribution in [3.05, 3.63) is 64.9 Å². The van der Waals surface area contributed by atoms with Gasteiger partial charge in [0.25, 0.3) is 0 Å². The molecule has 10 heteroatoms. The van der Waals surface area contributed by atoms with Crippen LogP contribution in [0.15, 0.2) is 48.8 Å². The lowest BCUT2D eigenvalue weighted by atomic mass is 10.1. The van der Waals surface area contributed by atoms with Gasteiger partial charge in [0, 0.05) is 0 Å². The summed E-state index contributed by atoms with van der Waals surface area (Å²) >= 11 is 0.573. The Kier molecular flexibility index (Phi) is 5.40. The molecule has 0 bridgehead atoms. The first-order valence-corrected chi connectivity index (χ1v) is 10.1. The molecule has 0 saturated heterocycles. The molecule has 0 fully saturated rings. The highest BCUT2D eigenvalue weighted by Crippen LogP contribution is 2.39. The summed E-state index contributed by atoms with van der Waals surface area (Å²) in [4.78, 5) is 27.9. The van der Waals surface area contributed by atoms with Crippen LogP contribution in [0, 0.1) is 0 Å². The summed E-state index contributed by atoms with van der Waals surface area (Å²) < 4.78 is 46.2. The molecule has 6 nitrogen and oxygen atoms in total. The van der Waals surface area contributed by atoms with E-state index in [0.717, 1.165) is 27.1 Å². The lowest BCUT2D eigenvalue weighted by Gasteiger charge is -2.07. The molecular weight excluding hydrogens is 431 g/mol. The van der Waals surface area contributed by atoms with Gasteiger partial charge in [0.15, 0.2) is 11.5 Å². The highest BCUT2D eigenvalue weighted by atomic mass is 32.1. The van der Waals surface area contributed by atoms with Crippen LogP contribution < -0.4 is 5.32 Å². The van der Waals surface area contributed by atoms with Crippen LogP contribution in [-0.4, -0.2) is 27.9 Å². The number of fused-ring (bicyclic) bond motifs is 2. The van der Waals surface area contributed by atoms with Gasteiger partial charge in [-0.3, -0.25) is 9.20 Å². The first-order valence-electron chi connectivity index (χ1n) is 9.29. The van der Waals surface area contributed by atoms with Gasteiger partial charge < -0.3 is 10.1 Å². The minimum absolute atomic E-state index is 0.00207. The first-order chi connectivity index (χ1) is 14.8. The number of esters is 1. The van der Waals surface area contributed by atoms with Crippen molar-refractivity contribution in [3.63, 3.8) is 0 Å². The molecule has 2 aromatic heterocycles. The Morgan fingerprint density at radius 3 is 2.61 bits per heavy atom. The second-order valence-corrected chi connectivity index (χ2v) is 7.67. The van der Waals surface area contributed by atoms with Crippen LogP contribution in [0.3, 0.4) is 0 Å². The van der Waals surface area contributed by atoms with Crippen LogP contribution in [0.25, 0.3) is 15.6 Å². The fourth-order valence-corrected chi connectivity index (χ4v) is 4.33. The molecule has 4 rings (SSSR count). The summed E-state index contributed by atoms with van der Waals surface area (Å²) in [5.74, 6) is -1.55. The fourth-order valence-electron chi connectivity index (χ4n) is 3.24. The third-order valence-electron chi connectivity index (χ3n) is 4.54. The van der Waals surface area contributed by atoms with E-state index in [4.69, 9.17) is 4.74 Å². The number of nitrogens with zero attached hydrogens (tertiary/aromatic N) is 2. The van der Waals surface area contributed by atoms with E-state index in [0.29, 0.717) is 11.3 Å². The normalized spacial score (nSPS) is 11.7. The third kappa shape index (κ3) is 4.11. The number of anilines is 1. The number of halogens is 3. The van der Waals surface area contributed by atoms with Crippen molar-refractivity contribution in [3.8, 4) is 0 Å². The van der Waals surface area contributed by atoms with Crippen molar-refractivity contribution in [2.24, 2.45) is 0 Å². The summed E-state index contributed by atoms with van der Waals surface area (Å²) in [6, 6.07) is 13.3. The number of ether oxygens (including phenoxy) is 1. The molecule has 31 heavy (non-hydrogen) atoms. The molecule has 1 N–H and O–H groups in total. The number of aromatic nitrogens is 2. The molecule has 0 aliphatic heterocycles. The molecule has 0 radical (unpaired) electrons. The Labute approximate surface area is 178 Å². The molecule has 4 aromatic rings. The maximum absolute atomic E-state index is 13.6. The van der Waals surface area contributed by atoms with Crippen molar-refractivity contribution in [1.29, 1.82) is 0 Å². The Morgan fingerprint density at radius 1 is 1.16 bits per heavy atom. The minimum atomic E-state index is -4.80. The topological polar surface area (TPSA) is 72.7 Å². The summed E-state index contributed by atoms with van der Waals surface area (Å²) in [5, 5.41) is 4.56. The molecule has 0 unspecified atom stereocenters. The SMILES string of the molecule is CCOC(=O)c1sc2c(NC(=O)Cc3ccc4ccccc4c3)ncn2c1C(F)(F)F. The van der Waals surface area contributed by atoms with Crippen LogP contribution in [0.2, 0.25) is 0 Å². The van der Waals surface area contributed by atoms with E-state index in [9.17, 15) is 22.8 Å². The van der Waals surface area contributed by atoms with Crippen LogP contribution in [0.5, 0.6) is 0 Å². The highest BCUT2D eigenvalue weighted by Gasteiger charge is 2.41. The molecule has 0 saturated carbocycles. The van der Waals surface area contributed by atoms with E-state index < -0.39 is 28.6 Å². The average molecular weight is 447 g/mol. The van der Waals surface area contributed by atoms with Crippen LogP contribution in [-0.2, 0) is 22.1 Å². The molecule has 0 atom stereocenters. The van der Waals surface area contributed by atoms with Gasteiger partial charge in [0.1, 0.15) is 16.0 Å². The average Bonchev–Trinajstić information content (AvgIpc) is 3.27. The third-order valence-corrected chi connectivity index (χ3v) is 5.69. The monoisotopic (exact) mass is 447 g/mol. The molecule has 2 aromatic carbocycles. The number of carbonyl (C=O) groups is 2. The van der Waals surface area contributed by atoms with E-state index >= 15 is 0 Å². The number of amides is 1. The summed E-state index contributed by atoms with van der Waals surface area (Å²) in [6.45, 7) is 1.45. The summed E-state index contributed by atoms with van der Waals surface area (Å²) in [5.41, 5.74) is -0.422. The zero-order valence-corrected chi connectivity index (χ0v) is 17.0. The number of thiazole rings is 1. The molecule has 0 aliphatic rings. The van der Waals surface area contributed by atoms with E-state index in [-0.39, 0.29) is 23.7 Å². The number of hydrogen-bond donors (Lipinski definition) is 1. The van der Waals surface area contributed by atoms with Crippen LogP contribution in [0.4, 0.5) is 19.0 Å². The summed E-state index contributed by atoms with van der Waals surface area (Å²) in [7, 11) is 0. The minimum Gasteiger partial charge on any atom is -0.462 e. The smallest absolute Gasteiger partial charge is 0.433 e. The number of carbonyl (C=O) groups excluding carboxylic acids is 2. The Balaban J connectivity index is 1.62. The number of benzene rings is 2. The number of imidazole rings is 1. The van der Waals surface area contributed by atoms with E-state index in [1.165, 1.54) is 6.92 Å². The molecule has 1 amide bonds. The lowest BCUT2D eigenvalue weighted by Crippen LogP contribution is -2.15. The zero-order valence-electron chi connectivity index (χ0n) is 16.2. The van der Waals surface area contributed by atoms with Gasteiger partial charge in [-0.1, -0.05) is 42.5 Å². The number of alkyl halides is 3. The molecule has 160 valence electrons. The van der Waals surface area contributed by atoms with Gasteiger partial charge in [-0.2, -0.15) is 13.2 Å². The predicted octanol–water partition coefficient (Wildman–Crippen LogP) is 4.93. The van der Waals surface area contributed by atoms with Crippen molar-refractivity contribution >= 4 is 44.6 Å². The molecule has 2 heterocycles. The van der Waals surface area contributed by atoms with Gasteiger partial charge in [-0.05, 0) is 23.3 Å². The van der Waals surface area contributed by atoms with Gasteiger partial charge in [-0.25, -0.2) is 9.78 Å². The lowest BCUT2D eigenvalue weighted by molar-refractivity contribution is -0.142. The van der Waals surface area contributed by atoms with Gasteiger partial charge in [0.2, 0.25) is 5.91 Å². The van der Waals surface area contributed by atoms with Crippen molar-refractivity contribution in [2.45, 2.75) is 19.5 Å². The Hall–Kier alpha value is -3.40. The van der Waals surface area contributed by atoms with Crippen molar-refractivity contribution < 1.29 is 27.5 Å². The Morgan fingerprint density at radius 2 is 1.90 bits per heavy atom. The zero-order chi connectivity index (χ0) is 22.2. The Bertz CT molecular complexity index is 1290. The van der Waals surface area contributed by atoms with E-state index in [1.807, 2.05) is 42.5 Å². The fraction of sp³-hybridized carbons (Fsp3) is 0.190. The predicted molar refractivity (Wildman–Crippen MR) is 110 cm³/mol. The van der Waals surface area contributed by atoms with Crippen molar-refractivity contribution in [1.82, 2.24) is 9.38 Å². The van der Waals surface area contributed by atoms with Crippen molar-refractivity contribution in [2.75, 3.05) is 11.9 Å². The molecule has 0 aliphatic carbocycles. The maximum atomic E-state index is 13.6.